The van der Waals surface area contributed by atoms with E-state index < -0.39 is 0 Å². The molecule has 9 heavy (non-hydrogen) atoms. The second-order valence-electron chi connectivity index (χ2n) is 1.59. The van der Waals surface area contributed by atoms with Crippen LogP contribution in [0.1, 0.15) is 6.99 Å². The van der Waals surface area contributed by atoms with Crippen LogP contribution in [0.3, 0.4) is 0 Å². The highest BCUT2D eigenvalue weighted by Crippen LogP contribution is 2.12. The van der Waals surface area contributed by atoms with Gasteiger partial charge in [-0.05, 0) is 12.1 Å². The van der Waals surface area contributed by atoms with Crippen LogP contribution in [0.2, 0.25) is 5.02 Å². The minimum Gasteiger partial charge on any atom is -0.192 e. The molecule has 0 N–H and O–H groups in total. The van der Waals surface area contributed by atoms with Gasteiger partial charge in [0.1, 0.15) is 6.07 Å². The van der Waals surface area contributed by atoms with Gasteiger partial charge in [0.25, 0.3) is 0 Å². The molecule has 0 bridgehead atoms. The number of nitriles is 1. The molecule has 0 fully saturated rings. The molecule has 44 valence electrons. The maximum atomic E-state index is 8.38. The molecule has 1 nitrogen and oxygen atoms in total. The molecule has 0 radical (unpaired) electrons. The Morgan fingerprint density at radius 2 is 2.11 bits per heavy atom. The molecule has 0 unspecified atom stereocenters. The van der Waals surface area contributed by atoms with Crippen LogP contribution in [0.5, 0.6) is 0 Å². The third-order valence-electron chi connectivity index (χ3n) is 0.994. The van der Waals surface area contributed by atoms with Crippen LogP contribution < -0.4 is 0 Å². The first-order valence-corrected chi connectivity index (χ1v) is 2.87. The lowest BCUT2D eigenvalue weighted by Crippen LogP contribution is -1.71. The largest absolute Gasteiger partial charge is 1.00 e. The Morgan fingerprint density at radius 1 is 1.44 bits per heavy atom. The van der Waals surface area contributed by atoms with Crippen molar-refractivity contribution in [2.24, 2.45) is 0 Å². The Hall–Kier alpha value is -1.00. The van der Waals surface area contributed by atoms with E-state index in [1.54, 1.807) is 24.3 Å². The highest BCUT2D eigenvalue weighted by Gasteiger charge is 1.92. The topological polar surface area (TPSA) is 23.8 Å². The van der Waals surface area contributed by atoms with Crippen molar-refractivity contribution >= 4 is 11.6 Å². The van der Waals surface area contributed by atoms with Crippen molar-refractivity contribution < 1.29 is 1.43 Å². The highest BCUT2D eigenvalue weighted by molar-refractivity contribution is 6.31. The van der Waals surface area contributed by atoms with Crippen LogP contribution in [-0.2, 0) is 0 Å². The monoisotopic (exact) mass is 138 g/mol. The predicted molar refractivity (Wildman–Crippen MR) is 37.3 cm³/mol. The van der Waals surface area contributed by atoms with Gasteiger partial charge in [-0.3, -0.25) is 0 Å². The Balaban J connectivity index is 0.000000810. The van der Waals surface area contributed by atoms with Gasteiger partial charge in [0.05, 0.1) is 10.6 Å². The fraction of sp³-hybridized carbons (Fsp3) is 0. The van der Waals surface area contributed by atoms with E-state index in [2.05, 4.69) is 0 Å². The summed E-state index contributed by atoms with van der Waals surface area (Å²) in [6, 6.07) is 8.92. The van der Waals surface area contributed by atoms with Crippen LogP contribution in [0.15, 0.2) is 24.3 Å². The fourth-order valence-corrected chi connectivity index (χ4v) is 0.730. The summed E-state index contributed by atoms with van der Waals surface area (Å²) < 4.78 is 0. The number of hydrogen-bond acceptors (Lipinski definition) is 1. The van der Waals surface area contributed by atoms with Crippen molar-refractivity contribution in [3.63, 3.8) is 0 Å². The summed E-state index contributed by atoms with van der Waals surface area (Å²) in [5.74, 6) is 0. The molecule has 0 heterocycles. The lowest BCUT2D eigenvalue weighted by Gasteiger charge is -1.88. The van der Waals surface area contributed by atoms with E-state index >= 15 is 0 Å². The van der Waals surface area contributed by atoms with Crippen LogP contribution in [0.25, 0.3) is 0 Å². The van der Waals surface area contributed by atoms with Gasteiger partial charge in [0.15, 0.2) is 0 Å². The van der Waals surface area contributed by atoms with Gasteiger partial charge in [0, 0.05) is 0 Å². The zero-order chi connectivity index (χ0) is 6.69. The first kappa shape index (κ1) is 6.12. The quantitative estimate of drug-likeness (QED) is 0.540. The Kier molecular flexibility index (Phi) is 1.72. The number of rotatable bonds is 0. The van der Waals surface area contributed by atoms with Crippen LogP contribution in [-0.4, -0.2) is 0 Å². The second kappa shape index (κ2) is 2.52. The third kappa shape index (κ3) is 1.22. The summed E-state index contributed by atoms with van der Waals surface area (Å²) in [5.41, 5.74) is 0.527. The van der Waals surface area contributed by atoms with Crippen molar-refractivity contribution in [2.75, 3.05) is 0 Å². The first-order valence-electron chi connectivity index (χ1n) is 2.49. The van der Waals surface area contributed by atoms with E-state index in [0.717, 1.165) is 0 Å². The van der Waals surface area contributed by atoms with E-state index in [0.29, 0.717) is 10.6 Å². The van der Waals surface area contributed by atoms with Gasteiger partial charge >= 0.3 is 1.43 Å². The van der Waals surface area contributed by atoms with E-state index in [1.165, 1.54) is 0 Å². The average molecular weight is 139 g/mol. The summed E-state index contributed by atoms with van der Waals surface area (Å²) in [6.07, 6.45) is 0. The van der Waals surface area contributed by atoms with E-state index in [9.17, 15) is 0 Å². The van der Waals surface area contributed by atoms with Gasteiger partial charge < -0.3 is 0 Å². The molecule has 0 aliphatic rings. The van der Waals surface area contributed by atoms with Crippen molar-refractivity contribution in [2.45, 2.75) is 0 Å². The zero-order valence-electron chi connectivity index (χ0n) is 5.63. The summed E-state index contributed by atoms with van der Waals surface area (Å²) in [7, 11) is 0. The average Bonchev–Trinajstić information content (AvgIpc) is 1.89. The molecule has 0 spiro atoms. The van der Waals surface area contributed by atoms with Gasteiger partial charge in [-0.2, -0.15) is 5.26 Å². The molecule has 1 aromatic rings. The van der Waals surface area contributed by atoms with E-state index in [4.69, 9.17) is 16.9 Å². The van der Waals surface area contributed by atoms with Gasteiger partial charge in [-0.15, -0.1) is 0 Å². The number of benzene rings is 1. The predicted octanol–water partition coefficient (Wildman–Crippen LogP) is 2.32. The molecule has 0 amide bonds. The van der Waals surface area contributed by atoms with Crippen molar-refractivity contribution in [3.05, 3.63) is 34.9 Å². The number of nitrogens with zero attached hydrogens (tertiary/aromatic N) is 1. The first-order chi connectivity index (χ1) is 4.34. The SMILES string of the molecule is N#Cc1ccccc1Cl.[H+]. The van der Waals surface area contributed by atoms with Crippen LogP contribution in [0.4, 0.5) is 0 Å². The molecule has 2 heteroatoms. The minimum atomic E-state index is 0. The number of hydrogen-bond donors (Lipinski definition) is 0. The molecule has 0 aromatic heterocycles. The summed E-state index contributed by atoms with van der Waals surface area (Å²) in [5, 5.41) is 8.90. The summed E-state index contributed by atoms with van der Waals surface area (Å²) in [6.45, 7) is 0. The van der Waals surface area contributed by atoms with Crippen molar-refractivity contribution in [1.82, 2.24) is 0 Å². The van der Waals surface area contributed by atoms with Crippen LogP contribution >= 0.6 is 11.6 Å². The molecule has 1 rings (SSSR count). The molecule has 0 aliphatic carbocycles. The molecule has 0 saturated heterocycles. The van der Waals surface area contributed by atoms with Gasteiger partial charge in [0.2, 0.25) is 0 Å². The lowest BCUT2D eigenvalue weighted by molar-refractivity contribution is 1.48. The zero-order valence-corrected chi connectivity index (χ0v) is 5.39. The highest BCUT2D eigenvalue weighted by atomic mass is 35.5. The molecule has 0 aliphatic heterocycles. The standard InChI is InChI=1S/C7H4ClN/c8-7-4-2-1-3-6(7)5-9/h1-4H/p+1. The smallest absolute Gasteiger partial charge is 0.192 e. The fourth-order valence-electron chi connectivity index (χ4n) is 0.552. The van der Waals surface area contributed by atoms with Crippen molar-refractivity contribution in [3.8, 4) is 6.07 Å². The Morgan fingerprint density at radius 3 is 2.56 bits per heavy atom. The molecule has 0 saturated carbocycles. The van der Waals surface area contributed by atoms with Crippen LogP contribution in [0, 0.1) is 11.3 Å². The summed E-state index contributed by atoms with van der Waals surface area (Å²) >= 11 is 5.60. The normalized spacial score (nSPS) is 8.44. The van der Waals surface area contributed by atoms with Crippen molar-refractivity contribution in [1.29, 1.82) is 5.26 Å². The maximum Gasteiger partial charge on any atom is 1.00 e. The summed E-state index contributed by atoms with van der Waals surface area (Å²) in [4.78, 5) is 0. The molecular formula is C7H5ClN+. The lowest BCUT2D eigenvalue weighted by atomic mass is 10.2. The number of halogens is 1. The Labute approximate surface area is 60.0 Å². The molecule has 1 aromatic carbocycles. The minimum absolute atomic E-state index is 0. The van der Waals surface area contributed by atoms with Gasteiger partial charge in [-0.1, -0.05) is 23.7 Å². The molecular weight excluding hydrogens is 134 g/mol. The third-order valence-corrected chi connectivity index (χ3v) is 1.32. The second-order valence-corrected chi connectivity index (χ2v) is 2.00. The van der Waals surface area contributed by atoms with E-state index in [1.807, 2.05) is 6.07 Å². The van der Waals surface area contributed by atoms with Gasteiger partial charge in [-0.25, -0.2) is 0 Å². The van der Waals surface area contributed by atoms with E-state index in [-0.39, 0.29) is 1.43 Å². The molecule has 0 atom stereocenters. The maximum absolute atomic E-state index is 8.38. The Bertz CT molecular complexity index is 254.